The molecule has 0 unspecified atom stereocenters. The summed E-state index contributed by atoms with van der Waals surface area (Å²) in [5.74, 6) is 0.348. The number of aliphatic imine (C=N–C) groups is 1. The first-order chi connectivity index (χ1) is 8.99. The molecule has 0 saturated heterocycles. The van der Waals surface area contributed by atoms with Crippen molar-refractivity contribution in [2.75, 3.05) is 0 Å². The van der Waals surface area contributed by atoms with Crippen LogP contribution in [-0.2, 0) is 20.8 Å². The van der Waals surface area contributed by atoms with E-state index in [0.29, 0.717) is 11.8 Å². The van der Waals surface area contributed by atoms with Crippen LogP contribution in [0, 0.1) is 13.8 Å². The number of phenols is 1. The van der Waals surface area contributed by atoms with Gasteiger partial charge in [0.05, 0.1) is 0 Å². The van der Waals surface area contributed by atoms with Crippen LogP contribution in [0.5, 0.6) is 5.75 Å². The van der Waals surface area contributed by atoms with Gasteiger partial charge < -0.3 is 5.11 Å². The zero-order valence-electron chi connectivity index (χ0n) is 11.9. The van der Waals surface area contributed by atoms with Crippen LogP contribution in [0.4, 0.5) is 0 Å². The van der Waals surface area contributed by atoms with Gasteiger partial charge in [-0.1, -0.05) is 19.9 Å². The Balaban J connectivity index is 0.000000982. The molecule has 0 fully saturated rings. The molecule has 1 aromatic carbocycles. The fourth-order valence-electron chi connectivity index (χ4n) is 1.78. The van der Waals surface area contributed by atoms with Crippen molar-refractivity contribution in [1.29, 1.82) is 0 Å². The zero-order valence-corrected chi connectivity index (χ0v) is 15.8. The molecule has 1 aromatic rings. The molecular weight excluding hydrogens is 360 g/mol. The van der Waals surface area contributed by atoms with Gasteiger partial charge >= 0.3 is 37.9 Å². The summed E-state index contributed by atoms with van der Waals surface area (Å²) in [5, 5.41) is 9.89. The SMILES string of the molecule is CCC(CC)N=Cc1cc(C)cc(C)c1O.[Cl][Zr][Cl]. The molecule has 0 radical (unpaired) electrons. The van der Waals surface area contributed by atoms with E-state index in [0.717, 1.165) is 29.5 Å². The Hall–Kier alpha value is 0.153. The summed E-state index contributed by atoms with van der Waals surface area (Å²) in [6, 6.07) is 4.30. The Morgan fingerprint density at radius 2 is 1.79 bits per heavy atom. The van der Waals surface area contributed by atoms with Gasteiger partial charge in [0.2, 0.25) is 0 Å². The van der Waals surface area contributed by atoms with E-state index in [-0.39, 0.29) is 0 Å². The van der Waals surface area contributed by atoms with Gasteiger partial charge in [0.15, 0.2) is 0 Å². The molecule has 0 aromatic heterocycles. The molecule has 0 heterocycles. The molecule has 0 aliphatic rings. The van der Waals surface area contributed by atoms with Crippen LogP contribution in [0.3, 0.4) is 0 Å². The summed E-state index contributed by atoms with van der Waals surface area (Å²) >= 11 is -0.826. The third-order valence-corrected chi connectivity index (χ3v) is 2.84. The maximum atomic E-state index is 9.89. The van der Waals surface area contributed by atoms with Crippen LogP contribution in [0.2, 0.25) is 0 Å². The predicted octanol–water partition coefficient (Wildman–Crippen LogP) is 4.99. The molecule has 0 atom stereocenters. The summed E-state index contributed by atoms with van der Waals surface area (Å²) in [7, 11) is 9.87. The minimum absolute atomic E-state index is 0.348. The van der Waals surface area contributed by atoms with Gasteiger partial charge in [0.25, 0.3) is 0 Å². The number of aromatic hydroxyl groups is 1. The fourth-order valence-corrected chi connectivity index (χ4v) is 1.78. The quantitative estimate of drug-likeness (QED) is 0.732. The number of rotatable bonds is 4. The van der Waals surface area contributed by atoms with Crippen molar-refractivity contribution in [3.05, 3.63) is 28.8 Å². The van der Waals surface area contributed by atoms with Gasteiger partial charge in [-0.2, -0.15) is 0 Å². The molecule has 0 aliphatic carbocycles. The van der Waals surface area contributed by atoms with Crippen LogP contribution in [0.1, 0.15) is 43.4 Å². The van der Waals surface area contributed by atoms with Crippen LogP contribution in [-0.4, -0.2) is 17.4 Å². The van der Waals surface area contributed by atoms with Crippen molar-refractivity contribution in [1.82, 2.24) is 0 Å². The van der Waals surface area contributed by atoms with E-state index in [1.54, 1.807) is 6.21 Å². The van der Waals surface area contributed by atoms with Crippen molar-refractivity contribution < 1.29 is 26.0 Å². The maximum absolute atomic E-state index is 9.89. The van der Waals surface area contributed by atoms with Crippen LogP contribution in [0.15, 0.2) is 17.1 Å². The number of benzene rings is 1. The molecule has 0 saturated carbocycles. The fraction of sp³-hybridized carbons (Fsp3) is 0.500. The van der Waals surface area contributed by atoms with Crippen LogP contribution < -0.4 is 0 Å². The van der Waals surface area contributed by atoms with E-state index in [9.17, 15) is 5.11 Å². The van der Waals surface area contributed by atoms with Crippen molar-refractivity contribution in [2.24, 2.45) is 4.99 Å². The monoisotopic (exact) mass is 379 g/mol. The molecule has 0 spiro atoms. The third kappa shape index (κ3) is 7.49. The second-order valence-electron chi connectivity index (χ2n) is 4.34. The van der Waals surface area contributed by atoms with E-state index in [1.807, 2.05) is 26.0 Å². The topological polar surface area (TPSA) is 32.6 Å². The third-order valence-electron chi connectivity index (χ3n) is 2.84. The number of hydrogen-bond acceptors (Lipinski definition) is 2. The summed E-state index contributed by atoms with van der Waals surface area (Å²) in [6.07, 6.45) is 3.88. The Morgan fingerprint density at radius 1 is 1.26 bits per heavy atom. The van der Waals surface area contributed by atoms with E-state index >= 15 is 0 Å². The molecule has 19 heavy (non-hydrogen) atoms. The predicted molar refractivity (Wildman–Crippen MR) is 81.3 cm³/mol. The number of nitrogens with zero attached hydrogens (tertiary/aromatic N) is 1. The number of halogens is 2. The summed E-state index contributed by atoms with van der Waals surface area (Å²) in [4.78, 5) is 4.49. The van der Waals surface area contributed by atoms with Gasteiger partial charge in [-0.15, -0.1) is 0 Å². The van der Waals surface area contributed by atoms with Gasteiger partial charge in [0.1, 0.15) is 5.75 Å². The first-order valence-corrected chi connectivity index (χ1v) is 12.6. The number of aryl methyl sites for hydroxylation is 2. The van der Waals surface area contributed by atoms with Crippen molar-refractivity contribution in [2.45, 2.75) is 46.6 Å². The second-order valence-corrected chi connectivity index (χ2v) is 8.07. The van der Waals surface area contributed by atoms with Crippen molar-refractivity contribution in [3.8, 4) is 5.75 Å². The molecule has 0 aliphatic heterocycles. The Kier molecular flexibility index (Phi) is 11.0. The Bertz CT molecular complexity index is 407. The average Bonchev–Trinajstić information content (AvgIpc) is 2.37. The molecule has 0 amide bonds. The van der Waals surface area contributed by atoms with Gasteiger partial charge in [-0.3, -0.25) is 4.99 Å². The Labute approximate surface area is 134 Å². The molecule has 2 nitrogen and oxygen atoms in total. The van der Waals surface area contributed by atoms with Crippen LogP contribution >= 0.6 is 17.0 Å². The summed E-state index contributed by atoms with van der Waals surface area (Å²) < 4.78 is 0. The standard InChI is InChI=1S/C14H21NO.2ClH.Zr/c1-5-13(6-2)15-9-12-8-10(3)7-11(4)14(12)16;;;/h7-9,13,16H,5-6H2,1-4H3;2*1H;/q;;;+2/p-2. The summed E-state index contributed by atoms with van der Waals surface area (Å²) in [6.45, 7) is 8.21. The molecule has 1 N–H and O–H groups in total. The normalized spacial score (nSPS) is 10.5. The molecule has 1 rings (SSSR count). The van der Waals surface area contributed by atoms with E-state index in [1.165, 1.54) is 0 Å². The zero-order chi connectivity index (χ0) is 14.8. The van der Waals surface area contributed by atoms with Gasteiger partial charge in [-0.25, -0.2) is 0 Å². The minimum atomic E-state index is -0.826. The second kappa shape index (κ2) is 10.9. The molecular formula is C14H21Cl2NOZr. The van der Waals surface area contributed by atoms with Gasteiger partial charge in [0, 0.05) is 17.8 Å². The van der Waals surface area contributed by atoms with E-state index in [4.69, 9.17) is 17.0 Å². The molecule has 5 heteroatoms. The number of phenolic OH excluding ortho intramolecular Hbond substituents is 1. The summed E-state index contributed by atoms with van der Waals surface area (Å²) in [5.41, 5.74) is 2.89. The first-order valence-electron chi connectivity index (χ1n) is 6.29. The average molecular weight is 381 g/mol. The first kappa shape index (κ1) is 19.2. The van der Waals surface area contributed by atoms with Crippen LogP contribution in [0.25, 0.3) is 0 Å². The number of hydrogen-bond donors (Lipinski definition) is 1. The van der Waals surface area contributed by atoms with Crippen molar-refractivity contribution >= 4 is 23.2 Å². The van der Waals surface area contributed by atoms with Gasteiger partial charge in [-0.05, 0) is 43.9 Å². The van der Waals surface area contributed by atoms with E-state index < -0.39 is 20.8 Å². The Morgan fingerprint density at radius 3 is 2.26 bits per heavy atom. The molecule has 0 bridgehead atoms. The van der Waals surface area contributed by atoms with E-state index in [2.05, 4.69) is 18.8 Å². The van der Waals surface area contributed by atoms with Crippen molar-refractivity contribution in [3.63, 3.8) is 0 Å². The molecule has 106 valence electrons.